The van der Waals surface area contributed by atoms with Crippen LogP contribution in [-0.4, -0.2) is 19.5 Å². The Labute approximate surface area is 147 Å². The molecule has 0 amide bonds. The van der Waals surface area contributed by atoms with Crippen molar-refractivity contribution >= 4 is 35.1 Å². The van der Waals surface area contributed by atoms with Gasteiger partial charge < -0.3 is 9.47 Å². The summed E-state index contributed by atoms with van der Waals surface area (Å²) < 4.78 is 33.9. The van der Waals surface area contributed by atoms with Crippen LogP contribution in [0.2, 0.25) is 10.0 Å². The van der Waals surface area contributed by atoms with Gasteiger partial charge in [0.05, 0.1) is 12.1 Å². The zero-order valence-corrected chi connectivity index (χ0v) is 13.9. The van der Waals surface area contributed by atoms with Crippen LogP contribution in [-0.2, 0) is 0 Å². The van der Waals surface area contributed by atoms with Gasteiger partial charge in [-0.2, -0.15) is 8.78 Å². The van der Waals surface area contributed by atoms with Crippen molar-refractivity contribution < 1.29 is 23.0 Å². The molecule has 0 unspecified atom stereocenters. The van der Waals surface area contributed by atoms with E-state index in [0.717, 1.165) is 0 Å². The van der Waals surface area contributed by atoms with E-state index in [1.807, 2.05) is 0 Å². The molecule has 0 spiro atoms. The summed E-state index contributed by atoms with van der Waals surface area (Å²) in [5, 5.41) is 0.676. The molecule has 0 aliphatic heterocycles. The minimum Gasteiger partial charge on any atom is -0.493 e. The highest BCUT2D eigenvalue weighted by Gasteiger charge is 2.11. The number of hydrogen-bond donors (Lipinski definition) is 0. The van der Waals surface area contributed by atoms with E-state index < -0.39 is 6.61 Å². The van der Waals surface area contributed by atoms with Crippen molar-refractivity contribution in [3.8, 4) is 11.5 Å². The van der Waals surface area contributed by atoms with Crippen molar-refractivity contribution in [1.29, 1.82) is 0 Å². The summed E-state index contributed by atoms with van der Waals surface area (Å²) in [6.07, 6.45) is 2.83. The van der Waals surface area contributed by atoms with Crippen LogP contribution in [0.1, 0.15) is 15.9 Å². The molecule has 0 saturated heterocycles. The quantitative estimate of drug-likeness (QED) is 0.496. The summed E-state index contributed by atoms with van der Waals surface area (Å²) in [7, 11) is 1.33. The number of halogens is 4. The summed E-state index contributed by atoms with van der Waals surface area (Å²) in [5.74, 6) is -0.269. The average Bonchev–Trinajstić information content (AvgIpc) is 2.53. The normalized spacial score (nSPS) is 11.1. The maximum Gasteiger partial charge on any atom is 0.387 e. The second-order valence-corrected chi connectivity index (χ2v) is 5.45. The lowest BCUT2D eigenvalue weighted by molar-refractivity contribution is -0.0512. The molecule has 24 heavy (non-hydrogen) atoms. The lowest BCUT2D eigenvalue weighted by atomic mass is 10.1. The van der Waals surface area contributed by atoms with Crippen LogP contribution in [0.15, 0.2) is 42.5 Å². The Morgan fingerprint density at radius 3 is 2.50 bits per heavy atom. The third-order valence-corrected chi connectivity index (χ3v) is 3.58. The van der Waals surface area contributed by atoms with Gasteiger partial charge in [0, 0.05) is 10.6 Å². The zero-order chi connectivity index (χ0) is 17.7. The van der Waals surface area contributed by atoms with E-state index in [-0.39, 0.29) is 22.3 Å². The van der Waals surface area contributed by atoms with Crippen LogP contribution in [0.25, 0.3) is 6.08 Å². The Morgan fingerprint density at radius 1 is 1.12 bits per heavy atom. The molecule has 0 aliphatic carbocycles. The van der Waals surface area contributed by atoms with Crippen molar-refractivity contribution in [2.45, 2.75) is 6.61 Å². The largest absolute Gasteiger partial charge is 0.493 e. The molecule has 0 aliphatic rings. The number of allylic oxidation sites excluding steroid dienone is 1. The van der Waals surface area contributed by atoms with Gasteiger partial charge in [-0.15, -0.1) is 0 Å². The number of carbonyl (C=O) groups is 1. The molecule has 0 atom stereocenters. The summed E-state index contributed by atoms with van der Waals surface area (Å²) >= 11 is 11.8. The van der Waals surface area contributed by atoms with Crippen molar-refractivity contribution in [2.24, 2.45) is 0 Å². The highest BCUT2D eigenvalue weighted by Crippen LogP contribution is 2.30. The molecular weight excluding hydrogens is 361 g/mol. The van der Waals surface area contributed by atoms with E-state index in [2.05, 4.69) is 4.74 Å². The molecule has 2 aromatic carbocycles. The number of ether oxygens (including phenoxy) is 2. The maximum atomic E-state index is 12.3. The fourth-order valence-corrected chi connectivity index (χ4v) is 2.43. The topological polar surface area (TPSA) is 35.5 Å². The van der Waals surface area contributed by atoms with Crippen molar-refractivity contribution in [3.05, 3.63) is 63.6 Å². The minimum atomic E-state index is -2.95. The second kappa shape index (κ2) is 8.13. The SMILES string of the molecule is COc1cc(/C=C/C(=O)c2ccc(Cl)cc2Cl)ccc1OC(F)F. The van der Waals surface area contributed by atoms with Crippen LogP contribution >= 0.6 is 23.2 Å². The average molecular weight is 373 g/mol. The molecule has 0 bridgehead atoms. The predicted octanol–water partition coefficient (Wildman–Crippen LogP) is 5.50. The Morgan fingerprint density at radius 2 is 1.88 bits per heavy atom. The number of benzene rings is 2. The summed E-state index contributed by atoms with van der Waals surface area (Å²) in [4.78, 5) is 12.1. The van der Waals surface area contributed by atoms with Gasteiger partial charge in [0.25, 0.3) is 0 Å². The molecule has 2 aromatic rings. The van der Waals surface area contributed by atoms with Crippen molar-refractivity contribution in [3.63, 3.8) is 0 Å². The molecule has 0 aromatic heterocycles. The molecule has 0 fully saturated rings. The van der Waals surface area contributed by atoms with Crippen LogP contribution < -0.4 is 9.47 Å². The fourth-order valence-electron chi connectivity index (χ4n) is 1.93. The Hall–Kier alpha value is -2.11. The highest BCUT2D eigenvalue weighted by molar-refractivity contribution is 6.37. The Kier molecular flexibility index (Phi) is 6.17. The third-order valence-electron chi connectivity index (χ3n) is 3.03. The van der Waals surface area contributed by atoms with E-state index in [0.29, 0.717) is 16.1 Å². The molecule has 0 saturated carbocycles. The van der Waals surface area contributed by atoms with E-state index >= 15 is 0 Å². The summed E-state index contributed by atoms with van der Waals surface area (Å²) in [6, 6.07) is 8.90. The second-order valence-electron chi connectivity index (χ2n) is 4.61. The number of hydrogen-bond acceptors (Lipinski definition) is 3. The van der Waals surface area contributed by atoms with Gasteiger partial charge in [-0.3, -0.25) is 4.79 Å². The predicted molar refractivity (Wildman–Crippen MR) is 89.5 cm³/mol. The fraction of sp³-hybridized carbons (Fsp3) is 0.118. The Bertz CT molecular complexity index is 776. The van der Waals surface area contributed by atoms with E-state index in [9.17, 15) is 13.6 Å². The first kappa shape index (κ1) is 18.2. The number of methoxy groups -OCH3 is 1. The maximum absolute atomic E-state index is 12.3. The molecule has 0 heterocycles. The summed E-state index contributed by atoms with van der Waals surface area (Å²) in [6.45, 7) is -2.95. The highest BCUT2D eigenvalue weighted by atomic mass is 35.5. The zero-order valence-electron chi connectivity index (χ0n) is 12.4. The molecule has 7 heteroatoms. The monoisotopic (exact) mass is 372 g/mol. The van der Waals surface area contributed by atoms with Crippen LogP contribution in [0.4, 0.5) is 8.78 Å². The molecular formula is C17H12Cl2F2O3. The number of carbonyl (C=O) groups excluding carboxylic acids is 1. The van der Waals surface area contributed by atoms with Gasteiger partial charge in [0.15, 0.2) is 17.3 Å². The van der Waals surface area contributed by atoms with Crippen LogP contribution in [0.5, 0.6) is 11.5 Å². The lowest BCUT2D eigenvalue weighted by Crippen LogP contribution is -2.03. The van der Waals surface area contributed by atoms with Gasteiger partial charge in [-0.1, -0.05) is 35.3 Å². The van der Waals surface area contributed by atoms with E-state index in [1.165, 1.54) is 49.6 Å². The Balaban J connectivity index is 2.20. The van der Waals surface area contributed by atoms with Crippen LogP contribution in [0.3, 0.4) is 0 Å². The standard InChI is InChI=1S/C17H12Cl2F2O3/c1-23-16-8-10(3-7-15(16)24-17(20)21)2-6-14(22)12-5-4-11(18)9-13(12)19/h2-9,17H,1H3/b6-2+. The first-order valence-corrected chi connectivity index (χ1v) is 7.46. The van der Waals surface area contributed by atoms with E-state index in [1.54, 1.807) is 6.07 Å². The van der Waals surface area contributed by atoms with Gasteiger partial charge >= 0.3 is 6.61 Å². The number of ketones is 1. The first-order valence-electron chi connectivity index (χ1n) is 6.71. The van der Waals surface area contributed by atoms with Gasteiger partial charge in [-0.25, -0.2) is 0 Å². The third kappa shape index (κ3) is 4.69. The number of alkyl halides is 2. The van der Waals surface area contributed by atoms with Gasteiger partial charge in [0.1, 0.15) is 0 Å². The first-order chi connectivity index (χ1) is 11.4. The van der Waals surface area contributed by atoms with Crippen molar-refractivity contribution in [1.82, 2.24) is 0 Å². The molecule has 126 valence electrons. The minimum absolute atomic E-state index is 0.0864. The van der Waals surface area contributed by atoms with Gasteiger partial charge in [-0.05, 0) is 42.0 Å². The molecule has 0 radical (unpaired) electrons. The lowest BCUT2D eigenvalue weighted by Gasteiger charge is -2.10. The number of rotatable bonds is 6. The van der Waals surface area contributed by atoms with Gasteiger partial charge in [0.2, 0.25) is 0 Å². The molecule has 3 nitrogen and oxygen atoms in total. The van der Waals surface area contributed by atoms with Crippen molar-refractivity contribution in [2.75, 3.05) is 7.11 Å². The van der Waals surface area contributed by atoms with Crippen LogP contribution in [0, 0.1) is 0 Å². The summed E-state index contributed by atoms with van der Waals surface area (Å²) in [5.41, 5.74) is 0.883. The molecule has 2 rings (SSSR count). The molecule has 0 N–H and O–H groups in total. The van der Waals surface area contributed by atoms with E-state index in [4.69, 9.17) is 27.9 Å². The smallest absolute Gasteiger partial charge is 0.387 e.